The van der Waals surface area contributed by atoms with E-state index in [9.17, 15) is 4.39 Å². The molecule has 70 valence electrons. The molecule has 1 aromatic carbocycles. The lowest BCUT2D eigenvalue weighted by molar-refractivity contribution is 0.321. The fourth-order valence-corrected chi connectivity index (χ4v) is 1.35. The lowest BCUT2D eigenvalue weighted by atomic mass is 10.3. The van der Waals surface area contributed by atoms with Crippen LogP contribution >= 0.6 is 11.6 Å². The van der Waals surface area contributed by atoms with Gasteiger partial charge in [0.15, 0.2) is 5.75 Å². The first-order valence-electron chi connectivity index (χ1n) is 4.89. The molecule has 13 heavy (non-hydrogen) atoms. The molecule has 0 saturated heterocycles. The van der Waals surface area contributed by atoms with E-state index in [1.807, 2.05) is 0 Å². The molecule has 0 atom stereocenters. The van der Waals surface area contributed by atoms with Crippen LogP contribution in [0.3, 0.4) is 0 Å². The summed E-state index contributed by atoms with van der Waals surface area (Å²) in [7, 11) is 0. The molecule has 2 nitrogen and oxygen atoms in total. The summed E-state index contributed by atoms with van der Waals surface area (Å²) in [6.07, 6.45) is 0.180. The standard InChI is InChI=1S/C9H9ClFNO/c10-8-6(11)2-3-7-9(8)13-5-1-4-12-7/h2-3,12H,1,4-5H2/i4D2. The monoisotopic (exact) mass is 203 g/mol. The van der Waals surface area contributed by atoms with Gasteiger partial charge in [-0.2, -0.15) is 0 Å². The van der Waals surface area contributed by atoms with Gasteiger partial charge in [0.05, 0.1) is 12.3 Å². The Hall–Kier alpha value is -0.960. The summed E-state index contributed by atoms with van der Waals surface area (Å²) in [4.78, 5) is 0. The molecular weight excluding hydrogens is 193 g/mol. The van der Waals surface area contributed by atoms with Crippen molar-refractivity contribution < 1.29 is 11.9 Å². The minimum Gasteiger partial charge on any atom is -0.490 e. The number of hydrogen-bond acceptors (Lipinski definition) is 2. The Kier molecular flexibility index (Phi) is 1.71. The minimum atomic E-state index is -1.56. The van der Waals surface area contributed by atoms with Crippen molar-refractivity contribution in [2.45, 2.75) is 6.42 Å². The van der Waals surface area contributed by atoms with Gasteiger partial charge in [-0.15, -0.1) is 0 Å². The van der Waals surface area contributed by atoms with Crippen molar-refractivity contribution in [3.63, 3.8) is 0 Å². The van der Waals surface area contributed by atoms with Crippen LogP contribution in [0.25, 0.3) is 0 Å². The normalized spacial score (nSPS) is 21.4. The van der Waals surface area contributed by atoms with E-state index in [2.05, 4.69) is 5.32 Å². The van der Waals surface area contributed by atoms with Gasteiger partial charge in [-0.3, -0.25) is 0 Å². The van der Waals surface area contributed by atoms with Crippen LogP contribution < -0.4 is 10.1 Å². The Balaban J connectivity index is 2.47. The average molecular weight is 204 g/mol. The molecule has 0 saturated carbocycles. The molecule has 1 aliphatic rings. The number of ether oxygens (including phenoxy) is 1. The van der Waals surface area contributed by atoms with Gasteiger partial charge < -0.3 is 10.1 Å². The van der Waals surface area contributed by atoms with E-state index >= 15 is 0 Å². The van der Waals surface area contributed by atoms with Crippen LogP contribution in [0.4, 0.5) is 10.1 Å². The lowest BCUT2D eigenvalue weighted by Crippen LogP contribution is -1.99. The van der Waals surface area contributed by atoms with Crippen LogP contribution in [0.5, 0.6) is 5.75 Å². The Bertz CT molecular complexity index is 400. The van der Waals surface area contributed by atoms with E-state index < -0.39 is 12.3 Å². The highest BCUT2D eigenvalue weighted by molar-refractivity contribution is 6.32. The third-order valence-electron chi connectivity index (χ3n) is 1.75. The summed E-state index contributed by atoms with van der Waals surface area (Å²) in [5.41, 5.74) is 0.379. The fourth-order valence-electron chi connectivity index (χ4n) is 1.13. The summed E-state index contributed by atoms with van der Waals surface area (Å²) in [6, 6.07) is 2.60. The van der Waals surface area contributed by atoms with Crippen molar-refractivity contribution in [2.24, 2.45) is 0 Å². The first kappa shape index (κ1) is 6.49. The van der Waals surface area contributed by atoms with Crippen LogP contribution in [-0.4, -0.2) is 13.1 Å². The van der Waals surface area contributed by atoms with E-state index in [4.69, 9.17) is 19.1 Å². The predicted octanol–water partition coefficient (Wildman–Crippen LogP) is 2.67. The molecule has 0 aromatic heterocycles. The van der Waals surface area contributed by atoms with E-state index in [0.29, 0.717) is 5.69 Å². The number of nitrogens with one attached hydrogen (secondary N) is 1. The molecule has 4 heteroatoms. The Morgan fingerprint density at radius 2 is 2.46 bits per heavy atom. The van der Waals surface area contributed by atoms with Crippen LogP contribution in [0.15, 0.2) is 12.1 Å². The summed E-state index contributed by atoms with van der Waals surface area (Å²) >= 11 is 5.71. The van der Waals surface area contributed by atoms with Crippen LogP contribution in [0, 0.1) is 5.82 Å². The summed E-state index contributed by atoms with van der Waals surface area (Å²) < 4.78 is 33.4. The van der Waals surface area contributed by atoms with Gasteiger partial charge in [-0.25, -0.2) is 4.39 Å². The quantitative estimate of drug-likeness (QED) is 0.700. The number of rotatable bonds is 0. The van der Waals surface area contributed by atoms with Gasteiger partial charge in [0.25, 0.3) is 0 Å². The lowest BCUT2D eigenvalue weighted by Gasteiger charge is -2.09. The summed E-state index contributed by atoms with van der Waals surface area (Å²) in [5.74, 6) is -0.391. The van der Waals surface area contributed by atoms with Crippen LogP contribution in [-0.2, 0) is 0 Å². The molecule has 2 rings (SSSR count). The maximum absolute atomic E-state index is 13.1. The zero-order valence-corrected chi connectivity index (χ0v) is 7.49. The van der Waals surface area contributed by atoms with Crippen molar-refractivity contribution in [3.8, 4) is 5.75 Å². The van der Waals surface area contributed by atoms with Crippen molar-refractivity contribution in [1.82, 2.24) is 0 Å². The van der Waals surface area contributed by atoms with E-state index in [-0.39, 0.29) is 23.8 Å². The molecule has 0 unspecified atom stereocenters. The molecule has 0 spiro atoms. The Morgan fingerprint density at radius 1 is 1.62 bits per heavy atom. The highest BCUT2D eigenvalue weighted by Crippen LogP contribution is 2.36. The molecule has 0 aliphatic carbocycles. The fraction of sp³-hybridized carbons (Fsp3) is 0.333. The second kappa shape index (κ2) is 3.42. The number of fused-ring (bicyclic) bond motifs is 1. The molecule has 0 bridgehead atoms. The Morgan fingerprint density at radius 3 is 3.31 bits per heavy atom. The minimum absolute atomic E-state index is 0.113. The van der Waals surface area contributed by atoms with Gasteiger partial charge in [0, 0.05) is 9.24 Å². The van der Waals surface area contributed by atoms with E-state index in [1.165, 1.54) is 12.1 Å². The summed E-state index contributed by atoms with van der Waals surface area (Å²) in [5, 5.41) is 2.51. The van der Waals surface area contributed by atoms with Crippen LogP contribution in [0.1, 0.15) is 9.16 Å². The SMILES string of the molecule is [2H]C1([2H])CCOc2c(ccc(F)c2Cl)N1. The largest absolute Gasteiger partial charge is 0.490 e. The highest BCUT2D eigenvalue weighted by atomic mass is 35.5. The number of halogens is 2. The molecule has 0 amide bonds. The number of hydrogen-bond donors (Lipinski definition) is 1. The molecular formula is C9H9ClFNO. The third-order valence-corrected chi connectivity index (χ3v) is 2.10. The zero-order valence-electron chi connectivity index (χ0n) is 8.73. The first-order chi connectivity index (χ1) is 6.99. The maximum atomic E-state index is 13.1. The Labute approximate surface area is 83.5 Å². The summed E-state index contributed by atoms with van der Waals surface area (Å²) in [6.45, 7) is -1.40. The first-order valence-corrected chi connectivity index (χ1v) is 4.26. The van der Waals surface area contributed by atoms with Crippen molar-refractivity contribution in [1.29, 1.82) is 0 Å². The highest BCUT2D eigenvalue weighted by Gasteiger charge is 2.14. The topological polar surface area (TPSA) is 21.3 Å². The molecule has 1 aliphatic heterocycles. The van der Waals surface area contributed by atoms with E-state index in [0.717, 1.165) is 0 Å². The molecule has 0 fully saturated rings. The predicted molar refractivity (Wildman–Crippen MR) is 50.0 cm³/mol. The van der Waals surface area contributed by atoms with Gasteiger partial charge >= 0.3 is 0 Å². The van der Waals surface area contributed by atoms with Gasteiger partial charge in [0.2, 0.25) is 0 Å². The number of benzene rings is 1. The second-order valence-corrected chi connectivity index (χ2v) is 3.02. The maximum Gasteiger partial charge on any atom is 0.163 e. The van der Waals surface area contributed by atoms with Gasteiger partial charge in [-0.1, -0.05) is 11.6 Å². The zero-order chi connectivity index (χ0) is 11.1. The van der Waals surface area contributed by atoms with Crippen molar-refractivity contribution in [3.05, 3.63) is 23.0 Å². The average Bonchev–Trinajstić information content (AvgIpc) is 2.30. The van der Waals surface area contributed by atoms with Crippen molar-refractivity contribution in [2.75, 3.05) is 18.4 Å². The van der Waals surface area contributed by atoms with E-state index in [1.54, 1.807) is 0 Å². The molecule has 1 aromatic rings. The molecule has 1 heterocycles. The van der Waals surface area contributed by atoms with Gasteiger partial charge in [-0.05, 0) is 18.6 Å². The van der Waals surface area contributed by atoms with Gasteiger partial charge in [0.1, 0.15) is 10.8 Å². The number of anilines is 1. The molecule has 0 radical (unpaired) electrons. The van der Waals surface area contributed by atoms with Crippen LogP contribution in [0.2, 0.25) is 5.02 Å². The molecule has 1 N–H and O–H groups in total. The second-order valence-electron chi connectivity index (χ2n) is 2.64. The smallest absolute Gasteiger partial charge is 0.163 e. The third kappa shape index (κ3) is 1.56. The van der Waals surface area contributed by atoms with Crippen molar-refractivity contribution >= 4 is 17.3 Å².